The van der Waals surface area contributed by atoms with E-state index in [0.29, 0.717) is 0 Å². The van der Waals surface area contributed by atoms with Crippen molar-refractivity contribution in [2.24, 2.45) is 5.84 Å². The second-order valence-corrected chi connectivity index (χ2v) is 6.98. The topological polar surface area (TPSA) is 63.8 Å². The molecule has 3 heterocycles. The first-order valence-corrected chi connectivity index (χ1v) is 8.09. The number of nitrogens with zero attached hydrogens (tertiary/aromatic N) is 2. The van der Waals surface area contributed by atoms with Crippen molar-refractivity contribution in [2.45, 2.75) is 26.3 Å². The fourth-order valence-electron chi connectivity index (χ4n) is 2.13. The smallest absolute Gasteiger partial charge is 0.0950 e. The third kappa shape index (κ3) is 2.60. The summed E-state index contributed by atoms with van der Waals surface area (Å²) in [5, 5.41) is 3.16. The molecule has 104 valence electrons. The Bertz CT molecular complexity index is 712. The molecule has 0 saturated carbocycles. The zero-order chi connectivity index (χ0) is 14.1. The summed E-state index contributed by atoms with van der Waals surface area (Å²) >= 11 is 3.43. The average Bonchev–Trinajstić information content (AvgIpc) is 3.02. The van der Waals surface area contributed by atoms with Crippen molar-refractivity contribution in [3.05, 3.63) is 44.9 Å². The van der Waals surface area contributed by atoms with Gasteiger partial charge in [-0.15, -0.1) is 22.7 Å². The Balaban J connectivity index is 1.88. The lowest BCUT2D eigenvalue weighted by Gasteiger charge is -2.14. The molecule has 0 fully saturated rings. The summed E-state index contributed by atoms with van der Waals surface area (Å²) < 4.78 is 1.19. The van der Waals surface area contributed by atoms with Crippen molar-refractivity contribution < 1.29 is 0 Å². The van der Waals surface area contributed by atoms with Crippen molar-refractivity contribution >= 4 is 32.9 Å². The van der Waals surface area contributed by atoms with Crippen LogP contribution in [0, 0.1) is 13.8 Å². The van der Waals surface area contributed by atoms with Gasteiger partial charge in [-0.2, -0.15) is 0 Å². The molecule has 3 aromatic rings. The number of fused-ring (bicyclic) bond motifs is 1. The van der Waals surface area contributed by atoms with Gasteiger partial charge in [-0.1, -0.05) is 0 Å². The van der Waals surface area contributed by atoms with Gasteiger partial charge < -0.3 is 0 Å². The number of hydrogen-bond acceptors (Lipinski definition) is 6. The van der Waals surface area contributed by atoms with Gasteiger partial charge in [0.2, 0.25) is 0 Å². The third-order valence-corrected chi connectivity index (χ3v) is 5.33. The van der Waals surface area contributed by atoms with E-state index in [9.17, 15) is 0 Å². The number of thiazole rings is 1. The molecule has 20 heavy (non-hydrogen) atoms. The molecule has 0 radical (unpaired) electrons. The van der Waals surface area contributed by atoms with Gasteiger partial charge in [-0.3, -0.25) is 16.3 Å². The molecule has 0 aliphatic rings. The number of thiophene rings is 1. The highest BCUT2D eigenvalue weighted by Gasteiger charge is 2.15. The zero-order valence-electron chi connectivity index (χ0n) is 11.4. The Labute approximate surface area is 125 Å². The minimum Gasteiger partial charge on any atom is -0.271 e. The first-order chi connectivity index (χ1) is 9.67. The lowest BCUT2D eigenvalue weighted by molar-refractivity contribution is 0.549. The maximum Gasteiger partial charge on any atom is 0.0950 e. The van der Waals surface area contributed by atoms with E-state index in [-0.39, 0.29) is 6.04 Å². The van der Waals surface area contributed by atoms with E-state index >= 15 is 0 Å². The van der Waals surface area contributed by atoms with Crippen molar-refractivity contribution in [2.75, 3.05) is 0 Å². The van der Waals surface area contributed by atoms with Crippen LogP contribution in [0.1, 0.15) is 27.2 Å². The lowest BCUT2D eigenvalue weighted by atomic mass is 10.1. The Kier molecular flexibility index (Phi) is 3.80. The molecule has 1 atom stereocenters. The van der Waals surface area contributed by atoms with Crippen LogP contribution in [-0.4, -0.2) is 9.97 Å². The highest BCUT2D eigenvalue weighted by Crippen LogP contribution is 2.26. The molecule has 3 N–H and O–H groups in total. The quantitative estimate of drug-likeness (QED) is 0.574. The Morgan fingerprint density at radius 2 is 2.25 bits per heavy atom. The van der Waals surface area contributed by atoms with Crippen LogP contribution in [0.3, 0.4) is 0 Å². The Morgan fingerprint density at radius 3 is 2.95 bits per heavy atom. The van der Waals surface area contributed by atoms with Gasteiger partial charge in [0.1, 0.15) is 0 Å². The molecule has 0 saturated heterocycles. The molecule has 0 bridgehead atoms. The van der Waals surface area contributed by atoms with Gasteiger partial charge in [0, 0.05) is 17.5 Å². The van der Waals surface area contributed by atoms with E-state index in [1.807, 2.05) is 19.2 Å². The van der Waals surface area contributed by atoms with Gasteiger partial charge in [0.05, 0.1) is 27.0 Å². The van der Waals surface area contributed by atoms with Gasteiger partial charge in [-0.05, 0) is 36.9 Å². The second-order valence-electron chi connectivity index (χ2n) is 4.75. The van der Waals surface area contributed by atoms with Crippen molar-refractivity contribution in [1.82, 2.24) is 15.4 Å². The third-order valence-electron chi connectivity index (χ3n) is 3.38. The summed E-state index contributed by atoms with van der Waals surface area (Å²) in [6.45, 7) is 4.14. The molecule has 3 aromatic heterocycles. The molecule has 4 nitrogen and oxygen atoms in total. The van der Waals surface area contributed by atoms with E-state index in [0.717, 1.165) is 28.2 Å². The summed E-state index contributed by atoms with van der Waals surface area (Å²) in [6, 6.07) is 4.23. The van der Waals surface area contributed by atoms with Crippen LogP contribution < -0.4 is 11.3 Å². The summed E-state index contributed by atoms with van der Waals surface area (Å²) in [5.41, 5.74) is 6.13. The van der Waals surface area contributed by atoms with E-state index in [1.54, 1.807) is 22.7 Å². The zero-order valence-corrected chi connectivity index (χ0v) is 13.0. The largest absolute Gasteiger partial charge is 0.271 e. The van der Waals surface area contributed by atoms with Gasteiger partial charge >= 0.3 is 0 Å². The van der Waals surface area contributed by atoms with E-state index in [2.05, 4.69) is 33.8 Å². The first-order valence-electron chi connectivity index (χ1n) is 6.39. The number of nitrogens with two attached hydrogens (primary N) is 1. The molecule has 0 aromatic carbocycles. The maximum atomic E-state index is 5.72. The number of pyridine rings is 1. The van der Waals surface area contributed by atoms with Crippen LogP contribution in [0.5, 0.6) is 0 Å². The molecule has 0 spiro atoms. The molecule has 1 unspecified atom stereocenters. The van der Waals surface area contributed by atoms with Crippen molar-refractivity contribution in [3.8, 4) is 0 Å². The molecular weight excluding hydrogens is 288 g/mol. The van der Waals surface area contributed by atoms with Gasteiger partial charge in [-0.25, -0.2) is 4.98 Å². The SMILES string of the molecule is Cc1nc(CC(NN)c2cnc3ccsc3c2)sc1C. The number of aromatic nitrogens is 2. The number of nitrogens with one attached hydrogen (secondary N) is 1. The predicted octanol–water partition coefficient (Wildman–Crippen LogP) is 3.12. The van der Waals surface area contributed by atoms with Crippen LogP contribution in [0.15, 0.2) is 23.7 Å². The summed E-state index contributed by atoms with van der Waals surface area (Å²) in [7, 11) is 0. The van der Waals surface area contributed by atoms with Crippen LogP contribution in [-0.2, 0) is 6.42 Å². The van der Waals surface area contributed by atoms with Crippen LogP contribution in [0.2, 0.25) is 0 Å². The summed E-state index contributed by atoms with van der Waals surface area (Å²) in [6.07, 6.45) is 2.68. The van der Waals surface area contributed by atoms with E-state index in [1.165, 1.54) is 9.58 Å². The average molecular weight is 304 g/mol. The normalized spacial score (nSPS) is 12.9. The Hall–Kier alpha value is -1.34. The number of hydrogen-bond donors (Lipinski definition) is 2. The molecule has 0 amide bonds. The standard InChI is InChI=1S/C14H16N4S2/c1-8-9(2)20-14(17-8)6-12(18-15)10-5-13-11(16-7-10)3-4-19-13/h3-5,7,12,18H,6,15H2,1-2H3. The predicted molar refractivity (Wildman–Crippen MR) is 85.0 cm³/mol. The van der Waals surface area contributed by atoms with Gasteiger partial charge in [0.15, 0.2) is 0 Å². The summed E-state index contributed by atoms with van der Waals surface area (Å²) in [4.78, 5) is 10.3. The highest BCUT2D eigenvalue weighted by atomic mass is 32.1. The highest BCUT2D eigenvalue weighted by molar-refractivity contribution is 7.17. The Morgan fingerprint density at radius 1 is 1.40 bits per heavy atom. The molecule has 3 rings (SSSR count). The molecule has 0 aliphatic heterocycles. The van der Waals surface area contributed by atoms with Crippen LogP contribution in [0.25, 0.3) is 10.2 Å². The minimum absolute atomic E-state index is 0.0407. The fourth-order valence-corrected chi connectivity index (χ4v) is 3.89. The van der Waals surface area contributed by atoms with Crippen molar-refractivity contribution in [1.29, 1.82) is 0 Å². The van der Waals surface area contributed by atoms with Crippen molar-refractivity contribution in [3.63, 3.8) is 0 Å². The molecule has 0 aliphatic carbocycles. The first kappa shape index (κ1) is 13.6. The van der Waals surface area contributed by atoms with Crippen LogP contribution in [0.4, 0.5) is 0 Å². The lowest BCUT2D eigenvalue weighted by Crippen LogP contribution is -2.29. The fraction of sp³-hybridized carbons (Fsp3) is 0.286. The molecular formula is C14H16N4S2. The molecule has 6 heteroatoms. The van der Waals surface area contributed by atoms with Crippen LogP contribution >= 0.6 is 22.7 Å². The maximum absolute atomic E-state index is 5.72. The number of hydrazine groups is 1. The van der Waals surface area contributed by atoms with E-state index < -0.39 is 0 Å². The monoisotopic (exact) mass is 304 g/mol. The summed E-state index contributed by atoms with van der Waals surface area (Å²) in [5.74, 6) is 5.72. The second kappa shape index (κ2) is 5.57. The minimum atomic E-state index is 0.0407. The number of aryl methyl sites for hydroxylation is 2. The van der Waals surface area contributed by atoms with E-state index in [4.69, 9.17) is 5.84 Å². The number of rotatable bonds is 4. The van der Waals surface area contributed by atoms with Gasteiger partial charge in [0.25, 0.3) is 0 Å².